The van der Waals surface area contributed by atoms with Crippen molar-refractivity contribution in [3.8, 4) is 0 Å². The summed E-state index contributed by atoms with van der Waals surface area (Å²) in [5, 5.41) is 0. The van der Waals surface area contributed by atoms with Gasteiger partial charge in [-0.2, -0.15) is 0 Å². The molecule has 1 fully saturated rings. The van der Waals surface area contributed by atoms with E-state index in [0.717, 1.165) is 56.9 Å². The molecule has 1 heterocycles. The minimum absolute atomic E-state index is 0.710. The number of nitrogens with zero attached hydrogens (tertiary/aromatic N) is 2. The van der Waals surface area contributed by atoms with Gasteiger partial charge in [0.2, 0.25) is 6.41 Å². The molecule has 1 amide bonds. The van der Waals surface area contributed by atoms with Crippen LogP contribution in [-0.2, 0) is 16.1 Å². The van der Waals surface area contributed by atoms with E-state index in [0.29, 0.717) is 6.61 Å². The summed E-state index contributed by atoms with van der Waals surface area (Å²) in [6, 6.07) is 8.38. The Labute approximate surface area is 127 Å². The molecule has 1 aliphatic heterocycles. The maximum Gasteiger partial charge on any atom is 0.209 e. The zero-order valence-corrected chi connectivity index (χ0v) is 12.8. The second-order valence-corrected chi connectivity index (χ2v) is 5.39. The lowest BCUT2D eigenvalue weighted by molar-refractivity contribution is -0.119. The Bertz CT molecular complexity index is 462. The third kappa shape index (κ3) is 4.60. The summed E-state index contributed by atoms with van der Waals surface area (Å²) in [5.74, 6) is 0.739. The molecule has 1 aliphatic rings. The van der Waals surface area contributed by atoms with Crippen molar-refractivity contribution in [3.05, 3.63) is 42.0 Å². The lowest BCUT2D eigenvalue weighted by Gasteiger charge is -2.32. The molecule has 1 aromatic rings. The Hall–Kier alpha value is -1.81. The highest BCUT2D eigenvalue weighted by atomic mass is 16.5. The first kappa shape index (κ1) is 15.6. The molecular formula is C17H24N2O2. The van der Waals surface area contributed by atoms with Gasteiger partial charge in [-0.1, -0.05) is 37.8 Å². The summed E-state index contributed by atoms with van der Waals surface area (Å²) >= 11 is 0. The third-order valence-corrected chi connectivity index (χ3v) is 3.72. The Kier molecular flexibility index (Phi) is 5.81. The van der Waals surface area contributed by atoms with Crippen LogP contribution < -0.4 is 0 Å². The maximum atomic E-state index is 10.7. The van der Waals surface area contributed by atoms with Gasteiger partial charge in [0, 0.05) is 38.3 Å². The molecule has 1 aromatic carbocycles. The molecule has 21 heavy (non-hydrogen) atoms. The van der Waals surface area contributed by atoms with E-state index in [4.69, 9.17) is 4.74 Å². The molecule has 0 bridgehead atoms. The van der Waals surface area contributed by atoms with E-state index in [1.165, 1.54) is 5.56 Å². The summed E-state index contributed by atoms with van der Waals surface area (Å²) < 4.78 is 5.55. The zero-order chi connectivity index (χ0) is 15.1. The first-order valence-electron chi connectivity index (χ1n) is 7.55. The van der Waals surface area contributed by atoms with Crippen LogP contribution >= 0.6 is 0 Å². The van der Waals surface area contributed by atoms with Crippen LogP contribution in [0.25, 0.3) is 5.76 Å². The molecule has 0 unspecified atom stereocenters. The van der Waals surface area contributed by atoms with Gasteiger partial charge in [0.1, 0.15) is 5.76 Å². The van der Waals surface area contributed by atoms with Crippen LogP contribution in [0.3, 0.4) is 0 Å². The highest BCUT2D eigenvalue weighted by Crippen LogP contribution is 2.16. The number of rotatable bonds is 7. The van der Waals surface area contributed by atoms with Gasteiger partial charge in [-0.3, -0.25) is 9.69 Å². The molecule has 0 atom stereocenters. The highest BCUT2D eigenvalue weighted by molar-refractivity contribution is 5.57. The zero-order valence-electron chi connectivity index (χ0n) is 12.8. The van der Waals surface area contributed by atoms with Gasteiger partial charge in [-0.05, 0) is 12.0 Å². The lowest BCUT2D eigenvalue weighted by atomic mass is 10.1. The number of ether oxygens (including phenoxy) is 1. The monoisotopic (exact) mass is 288 g/mol. The van der Waals surface area contributed by atoms with E-state index in [-0.39, 0.29) is 0 Å². The van der Waals surface area contributed by atoms with Gasteiger partial charge in [0.15, 0.2) is 0 Å². The number of carbonyl (C=O) groups excluding carboxylic acids is 1. The molecule has 0 spiro atoms. The van der Waals surface area contributed by atoms with E-state index < -0.39 is 0 Å². The number of amides is 1. The Morgan fingerprint density at radius 3 is 2.48 bits per heavy atom. The Morgan fingerprint density at radius 2 is 1.90 bits per heavy atom. The number of benzene rings is 1. The van der Waals surface area contributed by atoms with Crippen LogP contribution in [0.5, 0.6) is 0 Å². The topological polar surface area (TPSA) is 32.8 Å². The fourth-order valence-electron chi connectivity index (χ4n) is 2.39. The number of hydrogen-bond donors (Lipinski definition) is 0. The summed E-state index contributed by atoms with van der Waals surface area (Å²) in [7, 11) is 0. The molecule has 2 rings (SSSR count). The van der Waals surface area contributed by atoms with Gasteiger partial charge in [-0.25, -0.2) is 0 Å². The average Bonchev–Trinajstić information content (AvgIpc) is 2.54. The van der Waals surface area contributed by atoms with Crippen molar-refractivity contribution >= 4 is 12.2 Å². The Morgan fingerprint density at radius 1 is 1.24 bits per heavy atom. The van der Waals surface area contributed by atoms with Crippen molar-refractivity contribution in [1.82, 2.24) is 9.80 Å². The van der Waals surface area contributed by atoms with Crippen LogP contribution in [-0.4, -0.2) is 49.0 Å². The average molecular weight is 288 g/mol. The molecule has 0 radical (unpaired) electrons. The first-order valence-corrected chi connectivity index (χ1v) is 7.55. The Balaban J connectivity index is 1.85. The highest BCUT2D eigenvalue weighted by Gasteiger charge is 2.15. The predicted octanol–water partition coefficient (Wildman–Crippen LogP) is 2.36. The largest absolute Gasteiger partial charge is 0.494 e. The second kappa shape index (κ2) is 7.84. The summed E-state index contributed by atoms with van der Waals surface area (Å²) in [6.07, 6.45) is 1.93. The number of piperazine rings is 1. The van der Waals surface area contributed by atoms with E-state index in [1.807, 2.05) is 4.90 Å². The van der Waals surface area contributed by atoms with Crippen LogP contribution in [0.1, 0.15) is 24.5 Å². The quantitative estimate of drug-likeness (QED) is 0.570. The molecule has 4 nitrogen and oxygen atoms in total. The van der Waals surface area contributed by atoms with E-state index in [2.05, 4.69) is 42.7 Å². The third-order valence-electron chi connectivity index (χ3n) is 3.72. The summed E-state index contributed by atoms with van der Waals surface area (Å²) in [6.45, 7) is 11.2. The van der Waals surface area contributed by atoms with Crippen LogP contribution in [0.4, 0.5) is 0 Å². The van der Waals surface area contributed by atoms with E-state index >= 15 is 0 Å². The fraction of sp³-hybridized carbons (Fsp3) is 0.471. The lowest BCUT2D eigenvalue weighted by Crippen LogP contribution is -2.45. The van der Waals surface area contributed by atoms with Gasteiger partial charge >= 0.3 is 0 Å². The maximum absolute atomic E-state index is 10.7. The second-order valence-electron chi connectivity index (χ2n) is 5.39. The van der Waals surface area contributed by atoms with Gasteiger partial charge in [-0.15, -0.1) is 0 Å². The van der Waals surface area contributed by atoms with Crippen molar-refractivity contribution in [2.75, 3.05) is 32.8 Å². The molecule has 0 N–H and O–H groups in total. The minimum Gasteiger partial charge on any atom is -0.494 e. The molecule has 4 heteroatoms. The van der Waals surface area contributed by atoms with Gasteiger partial charge in [0.05, 0.1) is 6.61 Å². The SMILES string of the molecule is C=C(OCCC)c1ccc(CN2CCN(C=O)CC2)cc1. The van der Waals surface area contributed by atoms with Crippen molar-refractivity contribution in [2.24, 2.45) is 0 Å². The van der Waals surface area contributed by atoms with Crippen molar-refractivity contribution in [3.63, 3.8) is 0 Å². The first-order chi connectivity index (χ1) is 10.2. The number of hydrogen-bond acceptors (Lipinski definition) is 3. The minimum atomic E-state index is 0.710. The van der Waals surface area contributed by atoms with Crippen LogP contribution in [0.15, 0.2) is 30.8 Å². The molecule has 0 aliphatic carbocycles. The van der Waals surface area contributed by atoms with Crippen molar-refractivity contribution < 1.29 is 9.53 Å². The van der Waals surface area contributed by atoms with Crippen molar-refractivity contribution in [1.29, 1.82) is 0 Å². The molecule has 0 aromatic heterocycles. The molecule has 114 valence electrons. The normalized spacial score (nSPS) is 15.8. The van der Waals surface area contributed by atoms with Crippen molar-refractivity contribution in [2.45, 2.75) is 19.9 Å². The van der Waals surface area contributed by atoms with E-state index in [9.17, 15) is 4.79 Å². The van der Waals surface area contributed by atoms with Gasteiger partial charge < -0.3 is 9.64 Å². The molecular weight excluding hydrogens is 264 g/mol. The van der Waals surface area contributed by atoms with E-state index in [1.54, 1.807) is 0 Å². The predicted molar refractivity (Wildman–Crippen MR) is 84.6 cm³/mol. The number of carbonyl (C=O) groups is 1. The van der Waals surface area contributed by atoms with Gasteiger partial charge in [0.25, 0.3) is 0 Å². The molecule has 1 saturated heterocycles. The fourth-order valence-corrected chi connectivity index (χ4v) is 2.39. The molecule has 0 saturated carbocycles. The van der Waals surface area contributed by atoms with Crippen LogP contribution in [0, 0.1) is 0 Å². The smallest absolute Gasteiger partial charge is 0.209 e. The standard InChI is InChI=1S/C17H24N2O2/c1-3-12-21-15(2)17-6-4-16(5-7-17)13-18-8-10-19(14-20)11-9-18/h4-7,14H,2-3,8-13H2,1H3. The summed E-state index contributed by atoms with van der Waals surface area (Å²) in [4.78, 5) is 14.9. The summed E-state index contributed by atoms with van der Waals surface area (Å²) in [5.41, 5.74) is 2.32. The van der Waals surface area contributed by atoms with Crippen LogP contribution in [0.2, 0.25) is 0 Å².